The first-order valence-electron chi connectivity index (χ1n) is 4.24. The van der Waals surface area contributed by atoms with E-state index in [0.29, 0.717) is 5.75 Å². The maximum atomic E-state index is 10.5. The largest absolute Gasteiger partial charge is 0.548 e. The molecule has 1 aromatic rings. The molecule has 0 aromatic heterocycles. The van der Waals surface area contributed by atoms with Gasteiger partial charge in [0.1, 0.15) is 6.04 Å². The van der Waals surface area contributed by atoms with Gasteiger partial charge < -0.3 is 9.90 Å². The number of carbonyl (C=O) groups excluding carboxylic acids is 1. The summed E-state index contributed by atoms with van der Waals surface area (Å²) in [6, 6.07) is 8.89. The van der Waals surface area contributed by atoms with Crippen LogP contribution in [-0.4, -0.2) is 22.8 Å². The molecule has 3 nitrogen and oxygen atoms in total. The van der Waals surface area contributed by atoms with E-state index in [0.717, 1.165) is 10.6 Å². The molecular formula is C10H8NO2S-. The first-order valence-corrected chi connectivity index (χ1v) is 5.23. The van der Waals surface area contributed by atoms with Crippen molar-refractivity contribution in [1.29, 1.82) is 0 Å². The van der Waals surface area contributed by atoms with E-state index >= 15 is 0 Å². The summed E-state index contributed by atoms with van der Waals surface area (Å²) in [5.41, 5.74) is 0.973. The van der Waals surface area contributed by atoms with Crippen LogP contribution < -0.4 is 5.11 Å². The standard InChI is InChI=1S/C10H9NO2S/c12-10(13)8-6-14-9(11-8)7-4-2-1-3-5-7/h1-5,8H,6H2,(H,12,13)/p-1/t8-/m1/s1. The van der Waals surface area contributed by atoms with Crippen molar-refractivity contribution in [2.24, 2.45) is 4.99 Å². The van der Waals surface area contributed by atoms with Crippen LogP contribution in [0.2, 0.25) is 0 Å². The molecule has 0 amide bonds. The number of benzene rings is 1. The molecule has 14 heavy (non-hydrogen) atoms. The Bertz CT molecular complexity index is 375. The van der Waals surface area contributed by atoms with Gasteiger partial charge in [-0.3, -0.25) is 4.99 Å². The molecule has 0 bridgehead atoms. The Morgan fingerprint density at radius 3 is 2.71 bits per heavy atom. The van der Waals surface area contributed by atoms with Crippen LogP contribution in [0.25, 0.3) is 0 Å². The number of carboxylic acid groups (broad SMARTS) is 1. The number of rotatable bonds is 2. The Morgan fingerprint density at radius 1 is 1.43 bits per heavy atom. The highest BCUT2D eigenvalue weighted by Crippen LogP contribution is 2.22. The molecule has 1 aromatic carbocycles. The number of hydrogen-bond donors (Lipinski definition) is 0. The van der Waals surface area contributed by atoms with Gasteiger partial charge in [0, 0.05) is 11.3 Å². The van der Waals surface area contributed by atoms with Crippen molar-refractivity contribution in [3.05, 3.63) is 35.9 Å². The lowest BCUT2D eigenvalue weighted by Gasteiger charge is -2.04. The van der Waals surface area contributed by atoms with Crippen molar-refractivity contribution >= 4 is 22.8 Å². The summed E-state index contributed by atoms with van der Waals surface area (Å²) >= 11 is 1.46. The average Bonchev–Trinajstić information content (AvgIpc) is 2.68. The summed E-state index contributed by atoms with van der Waals surface area (Å²) in [6.45, 7) is 0. The summed E-state index contributed by atoms with van der Waals surface area (Å²) in [5.74, 6) is -0.615. The van der Waals surface area contributed by atoms with E-state index in [1.807, 2.05) is 30.3 Å². The van der Waals surface area contributed by atoms with Crippen LogP contribution >= 0.6 is 11.8 Å². The second kappa shape index (κ2) is 3.84. The predicted molar refractivity (Wildman–Crippen MR) is 54.2 cm³/mol. The lowest BCUT2D eigenvalue weighted by atomic mass is 10.2. The quantitative estimate of drug-likeness (QED) is 0.699. The van der Waals surface area contributed by atoms with E-state index in [9.17, 15) is 9.90 Å². The zero-order valence-corrected chi connectivity index (χ0v) is 8.16. The van der Waals surface area contributed by atoms with E-state index in [-0.39, 0.29) is 0 Å². The van der Waals surface area contributed by atoms with Gasteiger partial charge in [0.25, 0.3) is 0 Å². The van der Waals surface area contributed by atoms with Crippen molar-refractivity contribution in [2.75, 3.05) is 5.75 Å². The topological polar surface area (TPSA) is 52.5 Å². The van der Waals surface area contributed by atoms with Gasteiger partial charge >= 0.3 is 0 Å². The third-order valence-electron chi connectivity index (χ3n) is 1.94. The molecule has 1 aliphatic rings. The summed E-state index contributed by atoms with van der Waals surface area (Å²) in [4.78, 5) is 14.6. The van der Waals surface area contributed by atoms with Crippen molar-refractivity contribution in [3.8, 4) is 0 Å². The lowest BCUT2D eigenvalue weighted by molar-refractivity contribution is -0.306. The molecule has 1 aliphatic heterocycles. The number of carboxylic acids is 1. The van der Waals surface area contributed by atoms with E-state index in [4.69, 9.17) is 0 Å². The predicted octanol–water partition coefficient (Wildman–Crippen LogP) is 0.298. The number of nitrogens with zero attached hydrogens (tertiary/aromatic N) is 1. The maximum absolute atomic E-state index is 10.5. The lowest BCUT2D eigenvalue weighted by Crippen LogP contribution is -2.34. The summed E-state index contributed by atoms with van der Waals surface area (Å²) in [7, 11) is 0. The minimum absolute atomic E-state index is 0.479. The van der Waals surface area contributed by atoms with Crippen LogP contribution in [0.1, 0.15) is 5.56 Å². The Kier molecular flexibility index (Phi) is 2.54. The van der Waals surface area contributed by atoms with Crippen LogP contribution in [0.3, 0.4) is 0 Å². The molecular weight excluding hydrogens is 198 g/mol. The second-order valence-corrected chi connectivity index (χ2v) is 3.95. The van der Waals surface area contributed by atoms with Crippen molar-refractivity contribution in [3.63, 3.8) is 0 Å². The minimum Gasteiger partial charge on any atom is -0.548 e. The molecule has 0 radical (unpaired) electrons. The smallest absolute Gasteiger partial charge is 0.100 e. The third-order valence-corrected chi connectivity index (χ3v) is 3.04. The molecule has 72 valence electrons. The molecule has 1 atom stereocenters. The van der Waals surface area contributed by atoms with Gasteiger partial charge in [0.15, 0.2) is 0 Å². The van der Waals surface area contributed by atoms with E-state index < -0.39 is 12.0 Å². The number of aliphatic imine (C=N–C) groups is 1. The molecule has 1 heterocycles. The molecule has 0 spiro atoms. The second-order valence-electron chi connectivity index (χ2n) is 2.95. The highest BCUT2D eigenvalue weighted by Gasteiger charge is 2.19. The molecule has 2 rings (SSSR count). The minimum atomic E-state index is -1.09. The van der Waals surface area contributed by atoms with Crippen molar-refractivity contribution < 1.29 is 9.90 Å². The third kappa shape index (κ3) is 1.80. The van der Waals surface area contributed by atoms with Gasteiger partial charge in [-0.25, -0.2) is 0 Å². The molecule has 0 aliphatic carbocycles. The van der Waals surface area contributed by atoms with Crippen LogP contribution in [0.5, 0.6) is 0 Å². The zero-order valence-electron chi connectivity index (χ0n) is 7.34. The highest BCUT2D eigenvalue weighted by atomic mass is 32.2. The van der Waals surface area contributed by atoms with E-state index in [2.05, 4.69) is 4.99 Å². The van der Waals surface area contributed by atoms with E-state index in [1.54, 1.807) is 0 Å². The van der Waals surface area contributed by atoms with E-state index in [1.165, 1.54) is 11.8 Å². The fourth-order valence-corrected chi connectivity index (χ4v) is 2.26. The average molecular weight is 206 g/mol. The monoisotopic (exact) mass is 206 g/mol. The first kappa shape index (κ1) is 9.27. The van der Waals surface area contributed by atoms with Gasteiger partial charge in [-0.15, -0.1) is 11.8 Å². The normalized spacial score (nSPS) is 20.6. The fraction of sp³-hybridized carbons (Fsp3) is 0.200. The molecule has 0 N–H and O–H groups in total. The molecule has 0 saturated heterocycles. The Morgan fingerprint density at radius 2 is 2.14 bits per heavy atom. The SMILES string of the molecule is O=C([O-])[C@H]1CSC(c2ccccc2)=N1. The van der Waals surface area contributed by atoms with Gasteiger partial charge in [0.05, 0.1) is 11.0 Å². The fourth-order valence-electron chi connectivity index (χ4n) is 1.23. The molecule has 0 saturated carbocycles. The number of thioether (sulfide) groups is 1. The first-order chi connectivity index (χ1) is 6.77. The summed E-state index contributed by atoms with van der Waals surface area (Å²) in [5, 5.41) is 11.3. The number of aliphatic carboxylic acids is 1. The maximum Gasteiger partial charge on any atom is 0.100 e. The number of hydrogen-bond acceptors (Lipinski definition) is 4. The van der Waals surface area contributed by atoms with Crippen LogP contribution in [0.15, 0.2) is 35.3 Å². The van der Waals surface area contributed by atoms with Crippen LogP contribution in [0.4, 0.5) is 0 Å². The van der Waals surface area contributed by atoms with Crippen LogP contribution in [-0.2, 0) is 4.79 Å². The molecule has 4 heteroatoms. The van der Waals surface area contributed by atoms with Crippen LogP contribution in [0, 0.1) is 0 Å². The molecule has 0 fully saturated rings. The Labute approximate surface area is 85.9 Å². The molecule has 0 unspecified atom stereocenters. The Hall–Kier alpha value is -1.29. The van der Waals surface area contributed by atoms with Crippen molar-refractivity contribution in [1.82, 2.24) is 0 Å². The van der Waals surface area contributed by atoms with Crippen molar-refractivity contribution in [2.45, 2.75) is 6.04 Å². The Balaban J connectivity index is 2.22. The van der Waals surface area contributed by atoms with Gasteiger partial charge in [-0.1, -0.05) is 30.3 Å². The zero-order chi connectivity index (χ0) is 9.97. The summed E-state index contributed by atoms with van der Waals surface area (Å²) in [6.07, 6.45) is 0. The number of carbonyl (C=O) groups is 1. The summed E-state index contributed by atoms with van der Waals surface area (Å²) < 4.78 is 0. The highest BCUT2D eigenvalue weighted by molar-refractivity contribution is 8.14. The van der Waals surface area contributed by atoms with Gasteiger partial charge in [-0.2, -0.15) is 0 Å². The van der Waals surface area contributed by atoms with Gasteiger partial charge in [-0.05, 0) is 0 Å². The van der Waals surface area contributed by atoms with Gasteiger partial charge in [0.2, 0.25) is 0 Å².